The number of nitrogens with zero attached hydrogens (tertiary/aromatic N) is 2. The van der Waals surface area contributed by atoms with Crippen LogP contribution in [0.15, 0.2) is 60.8 Å². The van der Waals surface area contributed by atoms with Gasteiger partial charge in [0.1, 0.15) is 5.82 Å². The molecule has 2 aromatic carbocycles. The van der Waals surface area contributed by atoms with Crippen LogP contribution in [0.3, 0.4) is 0 Å². The number of benzene rings is 2. The average Bonchev–Trinajstić information content (AvgIpc) is 3.02. The largest absolute Gasteiger partial charge is 0.481 e. The molecule has 0 aliphatic heterocycles. The van der Waals surface area contributed by atoms with E-state index in [1.165, 1.54) is 12.1 Å². The number of fused-ring (bicyclic) bond motifs is 3. The average molecular weight is 545 g/mol. The van der Waals surface area contributed by atoms with E-state index in [9.17, 15) is 14.3 Å². The summed E-state index contributed by atoms with van der Waals surface area (Å²) in [5.41, 5.74) is 6.32. The van der Waals surface area contributed by atoms with Crippen molar-refractivity contribution in [1.82, 2.24) is 9.97 Å². The lowest BCUT2D eigenvalue weighted by Crippen LogP contribution is -2.20. The van der Waals surface area contributed by atoms with Crippen LogP contribution < -0.4 is 0 Å². The van der Waals surface area contributed by atoms with Gasteiger partial charge in [0.2, 0.25) is 0 Å². The fourth-order valence-electron chi connectivity index (χ4n) is 4.56. The summed E-state index contributed by atoms with van der Waals surface area (Å²) in [5.74, 6) is -0.566. The van der Waals surface area contributed by atoms with Crippen LogP contribution >= 0.6 is 23.4 Å². The first-order valence-corrected chi connectivity index (χ1v) is 13.7. The number of hydrogen-bond acceptors (Lipinski definition) is 4. The van der Waals surface area contributed by atoms with Crippen LogP contribution in [-0.4, -0.2) is 26.8 Å². The zero-order valence-electron chi connectivity index (χ0n) is 21.0. The molecular formula is C31H26ClFN2O2S. The Morgan fingerprint density at radius 3 is 2.76 bits per heavy atom. The number of carbonyl (C=O) groups is 1. The van der Waals surface area contributed by atoms with Crippen LogP contribution in [0, 0.1) is 11.2 Å². The van der Waals surface area contributed by atoms with Gasteiger partial charge in [0.05, 0.1) is 33.6 Å². The molecular weight excluding hydrogens is 519 g/mol. The van der Waals surface area contributed by atoms with Crippen molar-refractivity contribution >= 4 is 64.5 Å². The van der Waals surface area contributed by atoms with Gasteiger partial charge in [-0.1, -0.05) is 61.9 Å². The number of halogens is 2. The van der Waals surface area contributed by atoms with Crippen molar-refractivity contribution in [3.05, 3.63) is 105 Å². The lowest BCUT2D eigenvalue weighted by molar-refractivity contribution is -0.138. The fraction of sp³-hybridized carbons (Fsp3) is 0.194. The molecule has 1 unspecified atom stereocenters. The molecule has 38 heavy (non-hydrogen) atoms. The van der Waals surface area contributed by atoms with Gasteiger partial charge < -0.3 is 5.11 Å². The van der Waals surface area contributed by atoms with Gasteiger partial charge in [0.25, 0.3) is 0 Å². The van der Waals surface area contributed by atoms with E-state index in [4.69, 9.17) is 11.6 Å². The van der Waals surface area contributed by atoms with E-state index in [1.807, 2.05) is 50.3 Å². The summed E-state index contributed by atoms with van der Waals surface area (Å²) in [7, 11) is 0. The van der Waals surface area contributed by atoms with E-state index in [1.54, 1.807) is 18.0 Å². The highest BCUT2D eigenvalue weighted by Gasteiger charge is 2.28. The maximum atomic E-state index is 13.8. The Bertz CT molecular complexity index is 1600. The molecule has 0 amide bonds. The molecule has 2 aromatic heterocycles. The molecule has 1 aliphatic carbocycles. The van der Waals surface area contributed by atoms with Crippen LogP contribution in [0.25, 0.3) is 35.2 Å². The topological polar surface area (TPSA) is 63.1 Å². The monoisotopic (exact) mass is 544 g/mol. The van der Waals surface area contributed by atoms with Gasteiger partial charge in [0, 0.05) is 11.6 Å². The van der Waals surface area contributed by atoms with Crippen molar-refractivity contribution in [2.45, 2.75) is 25.5 Å². The second-order valence-electron chi connectivity index (χ2n) is 10.2. The molecule has 0 radical (unpaired) electrons. The summed E-state index contributed by atoms with van der Waals surface area (Å²) >= 11 is 7.70. The quantitative estimate of drug-likeness (QED) is 0.253. The van der Waals surface area contributed by atoms with E-state index in [-0.39, 0.29) is 22.1 Å². The molecule has 1 atom stereocenters. The molecule has 5 rings (SSSR count). The summed E-state index contributed by atoms with van der Waals surface area (Å²) in [6.07, 6.45) is 9.97. The Morgan fingerprint density at radius 2 is 1.95 bits per heavy atom. The van der Waals surface area contributed by atoms with Crippen molar-refractivity contribution in [3.63, 3.8) is 0 Å². The van der Waals surface area contributed by atoms with E-state index >= 15 is 0 Å². The minimum Gasteiger partial charge on any atom is -0.481 e. The van der Waals surface area contributed by atoms with Crippen LogP contribution in [-0.2, 0) is 4.79 Å². The molecule has 1 aliphatic rings. The summed E-state index contributed by atoms with van der Waals surface area (Å²) in [6, 6.07) is 17.0. The number of rotatable bonds is 7. The standard InChI is InChI=1S/C31H26ClFN2O2S/c1-31(2,17-29(36)37)18-38-30-23-4-3-13-34-27(23)12-9-20-7-5-19(14-24(20)30)6-10-22-11-8-21-15-26(33)25(32)16-28(21)35-22/h3-16,30H,17-18H2,1-2H3,(H,36,37)/b10-6+. The highest BCUT2D eigenvalue weighted by atomic mass is 35.5. The van der Waals surface area contributed by atoms with Crippen molar-refractivity contribution < 1.29 is 14.3 Å². The van der Waals surface area contributed by atoms with E-state index < -0.39 is 11.8 Å². The second kappa shape index (κ2) is 10.7. The van der Waals surface area contributed by atoms with E-state index in [0.717, 1.165) is 33.6 Å². The maximum Gasteiger partial charge on any atom is 0.303 e. The zero-order valence-corrected chi connectivity index (χ0v) is 22.6. The Labute approximate surface area is 230 Å². The molecule has 4 nitrogen and oxygen atoms in total. The molecule has 0 saturated carbocycles. The van der Waals surface area contributed by atoms with Crippen molar-refractivity contribution in [1.29, 1.82) is 0 Å². The van der Waals surface area contributed by atoms with E-state index in [0.29, 0.717) is 16.7 Å². The Morgan fingerprint density at radius 1 is 1.11 bits per heavy atom. The van der Waals surface area contributed by atoms with Gasteiger partial charge in [-0.15, -0.1) is 11.8 Å². The highest BCUT2D eigenvalue weighted by molar-refractivity contribution is 7.99. The fourth-order valence-corrected chi connectivity index (χ4v) is 6.20. The number of thioether (sulfide) groups is 1. The highest BCUT2D eigenvalue weighted by Crippen LogP contribution is 2.44. The first-order valence-electron chi connectivity index (χ1n) is 12.2. The Balaban J connectivity index is 1.48. The maximum absolute atomic E-state index is 13.8. The third-order valence-electron chi connectivity index (χ3n) is 6.44. The third-order valence-corrected chi connectivity index (χ3v) is 8.52. The lowest BCUT2D eigenvalue weighted by Gasteiger charge is -2.27. The molecule has 0 fully saturated rings. The number of aromatic nitrogens is 2. The second-order valence-corrected chi connectivity index (χ2v) is 11.7. The molecule has 0 bridgehead atoms. The third kappa shape index (κ3) is 5.82. The minimum absolute atomic E-state index is 0.000882. The van der Waals surface area contributed by atoms with Gasteiger partial charge in [-0.3, -0.25) is 9.78 Å². The van der Waals surface area contributed by atoms with Crippen LogP contribution in [0.2, 0.25) is 5.02 Å². The summed E-state index contributed by atoms with van der Waals surface area (Å²) in [6.45, 7) is 3.98. The van der Waals surface area contributed by atoms with Gasteiger partial charge >= 0.3 is 5.97 Å². The summed E-state index contributed by atoms with van der Waals surface area (Å²) in [5, 5.41) is 10.1. The Kier molecular flexibility index (Phi) is 7.37. The normalized spacial score (nSPS) is 14.9. The number of hydrogen-bond donors (Lipinski definition) is 1. The van der Waals surface area contributed by atoms with Crippen molar-refractivity contribution in [2.75, 3.05) is 5.75 Å². The molecule has 0 saturated heterocycles. The number of carboxylic acid groups (broad SMARTS) is 1. The smallest absolute Gasteiger partial charge is 0.303 e. The predicted octanol–water partition coefficient (Wildman–Crippen LogP) is 8.40. The molecule has 192 valence electrons. The van der Waals surface area contributed by atoms with Gasteiger partial charge in [-0.05, 0) is 75.9 Å². The van der Waals surface area contributed by atoms with Crippen LogP contribution in [0.1, 0.15) is 59.2 Å². The molecule has 4 aromatic rings. The molecule has 7 heteroatoms. The number of aliphatic carboxylic acids is 1. The van der Waals surface area contributed by atoms with Gasteiger partial charge in [0.15, 0.2) is 0 Å². The molecule has 0 spiro atoms. The number of carboxylic acids is 1. The summed E-state index contributed by atoms with van der Waals surface area (Å²) < 4.78 is 13.8. The lowest BCUT2D eigenvalue weighted by atomic mass is 9.92. The SMILES string of the molecule is CC(C)(CSC1c2cc(/C=C/c3ccc4cc(F)c(Cl)cc4n3)ccc2C=Cc2ncccc21)CC(=O)O. The predicted molar refractivity (Wildman–Crippen MR) is 156 cm³/mol. The van der Waals surface area contributed by atoms with Crippen molar-refractivity contribution in [2.24, 2.45) is 5.41 Å². The first-order chi connectivity index (χ1) is 18.2. The van der Waals surface area contributed by atoms with Gasteiger partial charge in [-0.2, -0.15) is 0 Å². The van der Waals surface area contributed by atoms with Crippen LogP contribution in [0.5, 0.6) is 0 Å². The molecule has 1 N–H and O–H groups in total. The van der Waals surface area contributed by atoms with Gasteiger partial charge in [-0.25, -0.2) is 9.37 Å². The summed E-state index contributed by atoms with van der Waals surface area (Å²) in [4.78, 5) is 20.6. The zero-order chi connectivity index (χ0) is 26.9. The minimum atomic E-state index is -0.789. The molecule has 2 heterocycles. The number of pyridine rings is 2. The van der Waals surface area contributed by atoms with E-state index in [2.05, 4.69) is 40.3 Å². The van der Waals surface area contributed by atoms with Crippen LogP contribution in [0.4, 0.5) is 4.39 Å². The van der Waals surface area contributed by atoms with Crippen molar-refractivity contribution in [3.8, 4) is 0 Å². The Hall–Kier alpha value is -3.48. The first kappa shape index (κ1) is 26.1.